The Morgan fingerprint density at radius 3 is 2.15 bits per heavy atom. The molecule has 2 amide bonds. The third kappa shape index (κ3) is 6.81. The fraction of sp³-hybridized carbons (Fsp3) is 0.423. The maximum absolute atomic E-state index is 12.2. The molecule has 0 radical (unpaired) electrons. The van der Waals surface area contributed by atoms with E-state index in [2.05, 4.69) is 34.9 Å². The van der Waals surface area contributed by atoms with Gasteiger partial charge in [0.05, 0.1) is 12.2 Å². The molecule has 1 aliphatic rings. The fourth-order valence-corrected chi connectivity index (χ4v) is 3.86. The summed E-state index contributed by atoms with van der Waals surface area (Å²) in [5.41, 5.74) is 4.08. The Morgan fingerprint density at radius 2 is 1.59 bits per heavy atom. The number of hydrogen-bond donors (Lipinski definition) is 3. The molecule has 34 heavy (non-hydrogen) atoms. The molecule has 0 fully saturated rings. The quantitative estimate of drug-likeness (QED) is 0.458. The monoisotopic (exact) mass is 468 g/mol. The van der Waals surface area contributed by atoms with Gasteiger partial charge in [-0.15, -0.1) is 0 Å². The number of rotatable bonds is 10. The average molecular weight is 469 g/mol. The van der Waals surface area contributed by atoms with E-state index in [1.54, 1.807) is 0 Å². The van der Waals surface area contributed by atoms with Gasteiger partial charge in [0.15, 0.2) is 6.04 Å². The molecule has 1 aliphatic carbocycles. The van der Waals surface area contributed by atoms with Crippen LogP contribution in [0.5, 0.6) is 0 Å². The van der Waals surface area contributed by atoms with E-state index in [0.717, 1.165) is 22.3 Å². The molecule has 0 heterocycles. The van der Waals surface area contributed by atoms with E-state index in [0.29, 0.717) is 6.42 Å². The Kier molecular flexibility index (Phi) is 8.28. The van der Waals surface area contributed by atoms with E-state index < -0.39 is 29.6 Å². The highest BCUT2D eigenvalue weighted by Gasteiger charge is 2.29. The van der Waals surface area contributed by atoms with Gasteiger partial charge in [0.1, 0.15) is 6.61 Å². The van der Waals surface area contributed by atoms with Crippen LogP contribution >= 0.6 is 0 Å². The summed E-state index contributed by atoms with van der Waals surface area (Å²) >= 11 is 0. The molecule has 1 atom stereocenters. The van der Waals surface area contributed by atoms with Crippen LogP contribution in [0.25, 0.3) is 11.1 Å². The maximum atomic E-state index is 12.2. The van der Waals surface area contributed by atoms with E-state index in [1.807, 2.05) is 45.0 Å². The van der Waals surface area contributed by atoms with Gasteiger partial charge in [0, 0.05) is 18.9 Å². The van der Waals surface area contributed by atoms with Crippen molar-refractivity contribution in [2.24, 2.45) is 0 Å². The van der Waals surface area contributed by atoms with E-state index in [1.165, 1.54) is 0 Å². The highest BCUT2D eigenvalue weighted by atomic mass is 16.5. The van der Waals surface area contributed by atoms with Gasteiger partial charge in [-0.25, -0.2) is 9.59 Å². The smallest absolute Gasteiger partial charge is 0.407 e. The maximum Gasteiger partial charge on any atom is 0.407 e. The zero-order valence-corrected chi connectivity index (χ0v) is 19.8. The Balaban J connectivity index is 1.40. The minimum Gasteiger partial charge on any atom is -0.480 e. The predicted octanol–water partition coefficient (Wildman–Crippen LogP) is 3.69. The van der Waals surface area contributed by atoms with Gasteiger partial charge < -0.3 is 25.2 Å². The van der Waals surface area contributed by atoms with E-state index in [9.17, 15) is 19.5 Å². The van der Waals surface area contributed by atoms with Gasteiger partial charge in [0.2, 0.25) is 5.91 Å². The van der Waals surface area contributed by atoms with Crippen LogP contribution in [0.4, 0.5) is 4.79 Å². The van der Waals surface area contributed by atoms with Gasteiger partial charge in [-0.3, -0.25) is 4.79 Å². The van der Waals surface area contributed by atoms with Crippen LogP contribution in [0.1, 0.15) is 50.7 Å². The molecule has 0 bridgehead atoms. The number of hydrogen-bond acceptors (Lipinski definition) is 5. The molecule has 0 saturated heterocycles. The van der Waals surface area contributed by atoms with E-state index in [-0.39, 0.29) is 32.1 Å². The largest absolute Gasteiger partial charge is 0.480 e. The standard InChI is InChI=1S/C26H32N2O6/c1-26(2,3)34-16-22(24(30)31)28-23(29)13-8-14-27-25(32)33-15-21-19-11-6-4-9-17(19)18-10-5-7-12-20(18)21/h4-7,9-12,21-22H,8,13-16H2,1-3H3,(H,27,32)(H,28,29)(H,30,31)/t22-/m0/s1. The second-order valence-electron chi connectivity index (χ2n) is 9.24. The third-order valence-electron chi connectivity index (χ3n) is 5.51. The molecule has 3 rings (SSSR count). The molecule has 2 aromatic rings. The second-order valence-corrected chi connectivity index (χ2v) is 9.24. The Morgan fingerprint density at radius 1 is 1.00 bits per heavy atom. The summed E-state index contributed by atoms with van der Waals surface area (Å²) in [7, 11) is 0. The molecule has 0 aliphatic heterocycles. The van der Waals surface area contributed by atoms with Crippen LogP contribution < -0.4 is 10.6 Å². The first-order chi connectivity index (χ1) is 16.2. The Labute approximate surface area is 199 Å². The minimum absolute atomic E-state index is 0.0211. The number of benzene rings is 2. The minimum atomic E-state index is -1.16. The lowest BCUT2D eigenvalue weighted by Crippen LogP contribution is -2.45. The number of fused-ring (bicyclic) bond motifs is 3. The van der Waals surface area contributed by atoms with Crippen LogP contribution in [-0.4, -0.2) is 54.5 Å². The van der Waals surface area contributed by atoms with Crippen LogP contribution in [0, 0.1) is 0 Å². The number of aliphatic carboxylic acids is 1. The van der Waals surface area contributed by atoms with Crippen molar-refractivity contribution in [3.63, 3.8) is 0 Å². The first-order valence-corrected chi connectivity index (χ1v) is 11.4. The van der Waals surface area contributed by atoms with Crippen molar-refractivity contribution in [1.82, 2.24) is 10.6 Å². The Bertz CT molecular complexity index is 984. The van der Waals surface area contributed by atoms with E-state index >= 15 is 0 Å². The summed E-state index contributed by atoms with van der Waals surface area (Å²) in [6.07, 6.45) is -0.130. The second kappa shape index (κ2) is 11.2. The van der Waals surface area contributed by atoms with Crippen molar-refractivity contribution in [2.75, 3.05) is 19.8 Å². The summed E-state index contributed by atoms with van der Waals surface area (Å²) in [5.74, 6) is -1.60. The summed E-state index contributed by atoms with van der Waals surface area (Å²) in [4.78, 5) is 35.6. The zero-order chi connectivity index (χ0) is 24.7. The summed E-state index contributed by atoms with van der Waals surface area (Å²) in [6, 6.07) is 15.1. The highest BCUT2D eigenvalue weighted by molar-refractivity contribution is 5.83. The van der Waals surface area contributed by atoms with Gasteiger partial charge in [-0.1, -0.05) is 48.5 Å². The average Bonchev–Trinajstić information content (AvgIpc) is 3.11. The highest BCUT2D eigenvalue weighted by Crippen LogP contribution is 2.44. The molecule has 0 saturated carbocycles. The lowest BCUT2D eigenvalue weighted by molar-refractivity contribution is -0.145. The summed E-state index contributed by atoms with van der Waals surface area (Å²) in [6.45, 7) is 5.76. The first kappa shape index (κ1) is 25.2. The molecule has 3 N–H and O–H groups in total. The van der Waals surface area contributed by atoms with Crippen LogP contribution in [0.3, 0.4) is 0 Å². The molecular weight excluding hydrogens is 436 g/mol. The zero-order valence-electron chi connectivity index (χ0n) is 19.8. The number of carbonyl (C=O) groups excluding carboxylic acids is 2. The Hall–Kier alpha value is -3.39. The number of carboxylic acids is 1. The van der Waals surface area contributed by atoms with Gasteiger partial charge >= 0.3 is 12.1 Å². The molecule has 8 heteroatoms. The van der Waals surface area contributed by atoms with Crippen molar-refractivity contribution in [1.29, 1.82) is 0 Å². The number of carbonyl (C=O) groups is 3. The van der Waals surface area contributed by atoms with Crippen LogP contribution in [-0.2, 0) is 19.1 Å². The fourth-order valence-electron chi connectivity index (χ4n) is 3.86. The SMILES string of the molecule is CC(C)(C)OC[C@H](NC(=O)CCCNC(=O)OCC1c2ccccc2-c2ccccc21)C(=O)O. The van der Waals surface area contributed by atoms with Crippen molar-refractivity contribution in [3.8, 4) is 11.1 Å². The molecule has 182 valence electrons. The van der Waals surface area contributed by atoms with E-state index in [4.69, 9.17) is 9.47 Å². The first-order valence-electron chi connectivity index (χ1n) is 11.4. The molecule has 8 nitrogen and oxygen atoms in total. The van der Waals surface area contributed by atoms with Crippen LogP contribution in [0.15, 0.2) is 48.5 Å². The number of ether oxygens (including phenoxy) is 2. The van der Waals surface area contributed by atoms with Gasteiger partial charge in [-0.05, 0) is 49.4 Å². The molecule has 0 aromatic heterocycles. The number of nitrogens with one attached hydrogen (secondary N) is 2. The molecule has 2 aromatic carbocycles. The van der Waals surface area contributed by atoms with Crippen LogP contribution in [0.2, 0.25) is 0 Å². The number of alkyl carbamates (subject to hydrolysis) is 1. The predicted molar refractivity (Wildman–Crippen MR) is 128 cm³/mol. The molecule has 0 spiro atoms. The van der Waals surface area contributed by atoms with Crippen molar-refractivity contribution in [2.45, 2.75) is 51.2 Å². The lowest BCUT2D eigenvalue weighted by atomic mass is 9.98. The topological polar surface area (TPSA) is 114 Å². The molecule has 0 unspecified atom stereocenters. The summed E-state index contributed by atoms with van der Waals surface area (Å²) < 4.78 is 10.9. The van der Waals surface area contributed by atoms with Crippen molar-refractivity contribution >= 4 is 18.0 Å². The molecular formula is C26H32N2O6. The van der Waals surface area contributed by atoms with Gasteiger partial charge in [-0.2, -0.15) is 0 Å². The number of amides is 2. The number of carboxylic acid groups (broad SMARTS) is 1. The van der Waals surface area contributed by atoms with Gasteiger partial charge in [0.25, 0.3) is 0 Å². The lowest BCUT2D eigenvalue weighted by Gasteiger charge is -2.23. The summed E-state index contributed by atoms with van der Waals surface area (Å²) in [5, 5.41) is 14.4. The van der Waals surface area contributed by atoms with Crippen molar-refractivity contribution in [3.05, 3.63) is 59.7 Å². The normalized spacial score (nSPS) is 13.5. The third-order valence-corrected chi connectivity index (χ3v) is 5.51. The van der Waals surface area contributed by atoms with Crippen molar-refractivity contribution < 1.29 is 29.0 Å².